The number of rotatable bonds is 3. The van der Waals surface area contributed by atoms with E-state index in [0.717, 1.165) is 25.7 Å². The lowest BCUT2D eigenvalue weighted by Gasteiger charge is -2.15. The van der Waals surface area contributed by atoms with Crippen LogP contribution in [-0.2, 0) is 4.74 Å². The zero-order chi connectivity index (χ0) is 7.40. The number of ether oxygens (including phenoxy) is 1. The Hall–Kier alpha value is -0.0800. The monoisotopic (exact) mass is 142 g/mol. The number of hydrogen-bond donors (Lipinski definition) is 1. The molecule has 0 bridgehead atoms. The molecule has 1 aliphatic rings. The maximum absolute atomic E-state index is 5.33. The van der Waals surface area contributed by atoms with Crippen LogP contribution in [0.3, 0.4) is 0 Å². The van der Waals surface area contributed by atoms with Gasteiger partial charge in [0.05, 0.1) is 0 Å². The van der Waals surface area contributed by atoms with E-state index < -0.39 is 0 Å². The molecule has 1 aliphatic heterocycles. The van der Waals surface area contributed by atoms with E-state index in [1.54, 1.807) is 0 Å². The molecule has 1 rings (SSSR count). The van der Waals surface area contributed by atoms with E-state index in [-0.39, 0.29) is 0 Å². The highest BCUT2D eigenvalue weighted by Crippen LogP contribution is 2.16. The third-order valence-corrected chi connectivity index (χ3v) is 1.84. The standard InChI is InChI=1S/C8H16NO/c1-3-7(2)9-8-5-4-6-10-8/h7,9H,3-6H2,1-2H3. The van der Waals surface area contributed by atoms with Crippen LogP contribution in [0, 0.1) is 6.23 Å². The van der Waals surface area contributed by atoms with Crippen LogP contribution in [0.15, 0.2) is 0 Å². The molecule has 0 aromatic heterocycles. The first-order valence-corrected chi connectivity index (χ1v) is 4.08. The summed E-state index contributed by atoms with van der Waals surface area (Å²) in [6, 6.07) is 0.563. The second kappa shape index (κ2) is 3.94. The van der Waals surface area contributed by atoms with E-state index in [4.69, 9.17) is 4.74 Å². The molecule has 10 heavy (non-hydrogen) atoms. The smallest absolute Gasteiger partial charge is 0.162 e. The van der Waals surface area contributed by atoms with Crippen LogP contribution in [0.25, 0.3) is 0 Å². The normalized spacial score (nSPS) is 23.4. The first kappa shape index (κ1) is 8.02. The van der Waals surface area contributed by atoms with Crippen LogP contribution >= 0.6 is 0 Å². The molecule has 2 heteroatoms. The van der Waals surface area contributed by atoms with Crippen molar-refractivity contribution >= 4 is 0 Å². The van der Waals surface area contributed by atoms with E-state index >= 15 is 0 Å². The molecule has 0 amide bonds. The predicted molar refractivity (Wildman–Crippen MR) is 41.3 cm³/mol. The van der Waals surface area contributed by atoms with Crippen LogP contribution in [0.2, 0.25) is 0 Å². The molecule has 1 atom stereocenters. The van der Waals surface area contributed by atoms with Crippen molar-refractivity contribution in [1.82, 2.24) is 5.32 Å². The molecular weight excluding hydrogens is 126 g/mol. The Morgan fingerprint density at radius 2 is 2.50 bits per heavy atom. The van der Waals surface area contributed by atoms with Crippen LogP contribution in [0.1, 0.15) is 33.1 Å². The first-order chi connectivity index (χ1) is 4.83. The van der Waals surface area contributed by atoms with Crippen molar-refractivity contribution in [2.75, 3.05) is 6.61 Å². The Kier molecular flexibility index (Phi) is 3.16. The van der Waals surface area contributed by atoms with Gasteiger partial charge in [-0.2, -0.15) is 0 Å². The summed E-state index contributed by atoms with van der Waals surface area (Å²) >= 11 is 0. The molecule has 1 heterocycles. The van der Waals surface area contributed by atoms with E-state index in [2.05, 4.69) is 19.2 Å². The Bertz CT molecular complexity index is 89.3. The van der Waals surface area contributed by atoms with Gasteiger partial charge < -0.3 is 4.74 Å². The van der Waals surface area contributed by atoms with E-state index in [9.17, 15) is 0 Å². The molecule has 0 aliphatic carbocycles. The molecule has 2 nitrogen and oxygen atoms in total. The Balaban J connectivity index is 2.11. The van der Waals surface area contributed by atoms with Crippen LogP contribution in [0.4, 0.5) is 0 Å². The quantitative estimate of drug-likeness (QED) is 0.647. The van der Waals surface area contributed by atoms with E-state index in [0.29, 0.717) is 6.04 Å². The van der Waals surface area contributed by atoms with Crippen molar-refractivity contribution in [3.63, 3.8) is 0 Å². The Morgan fingerprint density at radius 3 is 3.00 bits per heavy atom. The van der Waals surface area contributed by atoms with Crippen molar-refractivity contribution < 1.29 is 4.74 Å². The second-order valence-electron chi connectivity index (χ2n) is 2.83. The summed E-state index contributed by atoms with van der Waals surface area (Å²) in [6.45, 7) is 5.25. The largest absolute Gasteiger partial charge is 0.356 e. The van der Waals surface area contributed by atoms with Crippen molar-refractivity contribution in [1.29, 1.82) is 0 Å². The van der Waals surface area contributed by atoms with Gasteiger partial charge in [0.1, 0.15) is 0 Å². The average Bonchev–Trinajstić information content (AvgIpc) is 2.40. The fourth-order valence-corrected chi connectivity index (χ4v) is 0.991. The second-order valence-corrected chi connectivity index (χ2v) is 2.83. The molecule has 0 spiro atoms. The lowest BCUT2D eigenvalue weighted by Crippen LogP contribution is -2.29. The Labute approximate surface area is 63.0 Å². The zero-order valence-corrected chi connectivity index (χ0v) is 6.81. The van der Waals surface area contributed by atoms with Gasteiger partial charge in [-0.25, -0.2) is 0 Å². The van der Waals surface area contributed by atoms with Crippen LogP contribution < -0.4 is 5.32 Å². The van der Waals surface area contributed by atoms with Gasteiger partial charge in [0.2, 0.25) is 0 Å². The fraction of sp³-hybridized carbons (Fsp3) is 0.875. The molecule has 1 unspecified atom stereocenters. The lowest BCUT2D eigenvalue weighted by molar-refractivity contribution is 0.164. The molecule has 0 aromatic carbocycles. The number of hydrogen-bond acceptors (Lipinski definition) is 2. The van der Waals surface area contributed by atoms with Gasteiger partial charge in [0.15, 0.2) is 6.23 Å². The van der Waals surface area contributed by atoms with Gasteiger partial charge in [-0.05, 0) is 26.2 Å². The highest BCUT2D eigenvalue weighted by atomic mass is 16.5. The summed E-state index contributed by atoms with van der Waals surface area (Å²) in [5.41, 5.74) is 0. The number of nitrogens with one attached hydrogen (secondary N) is 1. The summed E-state index contributed by atoms with van der Waals surface area (Å²) in [4.78, 5) is 0. The molecule has 59 valence electrons. The van der Waals surface area contributed by atoms with Gasteiger partial charge in [0.25, 0.3) is 0 Å². The third-order valence-electron chi connectivity index (χ3n) is 1.84. The summed E-state index contributed by atoms with van der Waals surface area (Å²) in [5.74, 6) is 0. The first-order valence-electron chi connectivity index (χ1n) is 4.08. The van der Waals surface area contributed by atoms with E-state index in [1.165, 1.54) is 6.42 Å². The summed E-state index contributed by atoms with van der Waals surface area (Å²) in [7, 11) is 0. The maximum Gasteiger partial charge on any atom is 0.162 e. The van der Waals surface area contributed by atoms with Gasteiger partial charge in [-0.1, -0.05) is 6.92 Å². The molecule has 1 saturated heterocycles. The van der Waals surface area contributed by atoms with Crippen molar-refractivity contribution in [3.05, 3.63) is 6.23 Å². The van der Waals surface area contributed by atoms with E-state index in [1.807, 2.05) is 0 Å². The van der Waals surface area contributed by atoms with Gasteiger partial charge in [-0.3, -0.25) is 5.32 Å². The average molecular weight is 142 g/mol. The zero-order valence-electron chi connectivity index (χ0n) is 6.81. The van der Waals surface area contributed by atoms with Gasteiger partial charge >= 0.3 is 0 Å². The molecule has 1 radical (unpaired) electrons. The molecule has 1 N–H and O–H groups in total. The molecular formula is C8H16NO. The fourth-order valence-electron chi connectivity index (χ4n) is 0.991. The Morgan fingerprint density at radius 1 is 1.70 bits per heavy atom. The van der Waals surface area contributed by atoms with Crippen LogP contribution in [-0.4, -0.2) is 12.6 Å². The van der Waals surface area contributed by atoms with Gasteiger partial charge in [-0.15, -0.1) is 0 Å². The molecule has 1 fully saturated rings. The lowest BCUT2D eigenvalue weighted by atomic mass is 10.2. The topological polar surface area (TPSA) is 21.3 Å². The third kappa shape index (κ3) is 2.27. The van der Waals surface area contributed by atoms with Gasteiger partial charge in [0, 0.05) is 12.6 Å². The summed E-state index contributed by atoms with van der Waals surface area (Å²) in [5, 5.41) is 3.32. The minimum Gasteiger partial charge on any atom is -0.356 e. The minimum atomic E-state index is 0.563. The van der Waals surface area contributed by atoms with Crippen molar-refractivity contribution in [3.8, 4) is 0 Å². The highest BCUT2D eigenvalue weighted by molar-refractivity contribution is 4.82. The summed E-state index contributed by atoms with van der Waals surface area (Å²) in [6.07, 6.45) is 4.53. The molecule has 0 aromatic rings. The highest BCUT2D eigenvalue weighted by Gasteiger charge is 2.17. The maximum atomic E-state index is 5.33. The minimum absolute atomic E-state index is 0.563. The van der Waals surface area contributed by atoms with Crippen molar-refractivity contribution in [2.24, 2.45) is 0 Å². The van der Waals surface area contributed by atoms with Crippen LogP contribution in [0.5, 0.6) is 0 Å². The van der Waals surface area contributed by atoms with Crippen molar-refractivity contribution in [2.45, 2.75) is 39.2 Å². The predicted octanol–water partition coefficient (Wildman–Crippen LogP) is 1.67. The summed E-state index contributed by atoms with van der Waals surface area (Å²) < 4.78 is 5.33. The molecule has 0 saturated carbocycles. The SMILES string of the molecule is CCC(C)N[C]1CCCO1.